The fourth-order valence-electron chi connectivity index (χ4n) is 3.62. The van der Waals surface area contributed by atoms with Crippen molar-refractivity contribution in [2.45, 2.75) is 12.7 Å². The van der Waals surface area contributed by atoms with Crippen molar-refractivity contribution in [2.24, 2.45) is 0 Å². The van der Waals surface area contributed by atoms with Gasteiger partial charge < -0.3 is 10.0 Å². The quantitative estimate of drug-likeness (QED) is 0.587. The van der Waals surface area contributed by atoms with E-state index in [2.05, 4.69) is 25.8 Å². The van der Waals surface area contributed by atoms with Crippen molar-refractivity contribution in [1.82, 2.24) is 9.88 Å². The van der Waals surface area contributed by atoms with Gasteiger partial charge in [-0.05, 0) is 41.1 Å². The predicted molar refractivity (Wildman–Crippen MR) is 110 cm³/mol. The summed E-state index contributed by atoms with van der Waals surface area (Å²) in [6.45, 7) is 3.40. The minimum Gasteiger partial charge on any atom is -0.508 e. The Kier molecular flexibility index (Phi) is 5.40. The van der Waals surface area contributed by atoms with Crippen LogP contribution in [0.4, 0.5) is 19.0 Å². The summed E-state index contributed by atoms with van der Waals surface area (Å²) in [4.78, 5) is 8.20. The van der Waals surface area contributed by atoms with Crippen LogP contribution in [0.3, 0.4) is 0 Å². The number of nitrogens with zero attached hydrogens (tertiary/aromatic N) is 3. The van der Waals surface area contributed by atoms with E-state index in [0.717, 1.165) is 46.2 Å². The minimum absolute atomic E-state index is 0.270. The van der Waals surface area contributed by atoms with E-state index in [9.17, 15) is 18.3 Å². The van der Waals surface area contributed by atoms with Crippen molar-refractivity contribution in [2.75, 3.05) is 31.1 Å². The molecule has 8 heteroatoms. The lowest BCUT2D eigenvalue weighted by molar-refractivity contribution is -0.137. The number of aromatic nitrogens is 1. The molecule has 0 amide bonds. The highest BCUT2D eigenvalue weighted by Crippen LogP contribution is 2.31. The number of aromatic hydroxyl groups is 1. The Morgan fingerprint density at radius 1 is 1.00 bits per heavy atom. The molecular weight excluding hydrogens is 447 g/mol. The van der Waals surface area contributed by atoms with Gasteiger partial charge in [0.25, 0.3) is 0 Å². The van der Waals surface area contributed by atoms with Gasteiger partial charge in [0.15, 0.2) is 0 Å². The fraction of sp³-hybridized carbons (Fsp3) is 0.286. The highest BCUT2D eigenvalue weighted by Gasteiger charge is 2.31. The number of halogens is 4. The first-order valence-electron chi connectivity index (χ1n) is 9.22. The number of phenols is 1. The molecule has 0 saturated carbocycles. The smallest absolute Gasteiger partial charge is 0.417 e. The predicted octanol–water partition coefficient (Wildman–Crippen LogP) is 5.04. The molecule has 152 valence electrons. The van der Waals surface area contributed by atoms with Crippen molar-refractivity contribution >= 4 is 32.5 Å². The second kappa shape index (κ2) is 7.84. The molecule has 2 aromatic carbocycles. The molecule has 0 spiro atoms. The third kappa shape index (κ3) is 4.33. The van der Waals surface area contributed by atoms with Crippen molar-refractivity contribution in [3.05, 3.63) is 64.3 Å². The monoisotopic (exact) mass is 465 g/mol. The van der Waals surface area contributed by atoms with Gasteiger partial charge in [-0.3, -0.25) is 4.90 Å². The maximum atomic E-state index is 12.7. The minimum atomic E-state index is -4.37. The number of pyridine rings is 1. The first-order chi connectivity index (χ1) is 13.8. The van der Waals surface area contributed by atoms with Crippen LogP contribution in [0.2, 0.25) is 0 Å². The molecule has 1 aliphatic heterocycles. The molecule has 2 heterocycles. The molecule has 0 bridgehead atoms. The molecule has 0 aliphatic carbocycles. The van der Waals surface area contributed by atoms with Gasteiger partial charge in [-0.25, -0.2) is 4.98 Å². The SMILES string of the molecule is Oc1ccc2cc(Br)ccc2c1CN1CCN(c2ccc(C(F)(F)F)cn2)CC1. The summed E-state index contributed by atoms with van der Waals surface area (Å²) < 4.78 is 39.1. The summed E-state index contributed by atoms with van der Waals surface area (Å²) >= 11 is 3.47. The fourth-order valence-corrected chi connectivity index (χ4v) is 4.00. The molecule has 0 atom stereocenters. The van der Waals surface area contributed by atoms with Crippen LogP contribution in [0, 0.1) is 0 Å². The number of benzene rings is 2. The Morgan fingerprint density at radius 3 is 2.41 bits per heavy atom. The van der Waals surface area contributed by atoms with Gasteiger partial charge in [-0.1, -0.05) is 28.1 Å². The Morgan fingerprint density at radius 2 is 1.76 bits per heavy atom. The molecule has 1 N–H and O–H groups in total. The van der Waals surface area contributed by atoms with Gasteiger partial charge in [0, 0.05) is 49.0 Å². The van der Waals surface area contributed by atoms with E-state index in [4.69, 9.17) is 0 Å². The Balaban J connectivity index is 1.44. The zero-order chi connectivity index (χ0) is 20.6. The topological polar surface area (TPSA) is 39.6 Å². The van der Waals surface area contributed by atoms with E-state index in [0.29, 0.717) is 25.5 Å². The van der Waals surface area contributed by atoms with Gasteiger partial charge in [-0.15, -0.1) is 0 Å². The average Bonchev–Trinajstić information content (AvgIpc) is 2.70. The summed E-state index contributed by atoms with van der Waals surface area (Å²) in [6.07, 6.45) is -3.49. The molecule has 3 aromatic rings. The molecule has 1 aliphatic rings. The number of hydrogen-bond acceptors (Lipinski definition) is 4. The maximum absolute atomic E-state index is 12.7. The van der Waals surface area contributed by atoms with E-state index < -0.39 is 11.7 Å². The van der Waals surface area contributed by atoms with Crippen LogP contribution in [0.15, 0.2) is 53.1 Å². The lowest BCUT2D eigenvalue weighted by Crippen LogP contribution is -2.46. The molecule has 0 unspecified atom stereocenters. The molecule has 1 fully saturated rings. The number of hydrogen-bond donors (Lipinski definition) is 1. The molecule has 4 rings (SSSR count). The van der Waals surface area contributed by atoms with Gasteiger partial charge in [0.1, 0.15) is 11.6 Å². The Labute approximate surface area is 174 Å². The summed E-state index contributed by atoms with van der Waals surface area (Å²) in [7, 11) is 0. The van der Waals surface area contributed by atoms with E-state index in [-0.39, 0.29) is 5.75 Å². The molecule has 0 radical (unpaired) electrons. The highest BCUT2D eigenvalue weighted by atomic mass is 79.9. The standard InChI is InChI=1S/C21H19BrF3N3O/c22-16-3-4-17-14(11-16)1-5-19(29)18(17)13-27-7-9-28(10-8-27)20-6-2-15(12-26-20)21(23,24)25/h1-6,11-12,29H,7-10,13H2. The van der Waals surface area contributed by atoms with Crippen LogP contribution in [-0.4, -0.2) is 41.2 Å². The van der Waals surface area contributed by atoms with E-state index in [1.54, 1.807) is 6.07 Å². The average molecular weight is 466 g/mol. The summed E-state index contributed by atoms with van der Waals surface area (Å²) in [6, 6.07) is 12.1. The maximum Gasteiger partial charge on any atom is 0.417 e. The second-order valence-corrected chi connectivity index (χ2v) is 8.01. The van der Waals surface area contributed by atoms with E-state index >= 15 is 0 Å². The van der Waals surface area contributed by atoms with Gasteiger partial charge >= 0.3 is 6.18 Å². The highest BCUT2D eigenvalue weighted by molar-refractivity contribution is 9.10. The van der Waals surface area contributed by atoms with Crippen LogP contribution < -0.4 is 4.90 Å². The molecular formula is C21H19BrF3N3O. The lowest BCUT2D eigenvalue weighted by atomic mass is 10.0. The zero-order valence-electron chi connectivity index (χ0n) is 15.5. The van der Waals surface area contributed by atoms with Gasteiger partial charge in [0.05, 0.1) is 5.56 Å². The number of fused-ring (bicyclic) bond motifs is 1. The number of rotatable bonds is 3. The van der Waals surface area contributed by atoms with Crippen molar-refractivity contribution in [3.63, 3.8) is 0 Å². The summed E-state index contributed by atoms with van der Waals surface area (Å²) in [5.41, 5.74) is 0.147. The van der Waals surface area contributed by atoms with Crippen LogP contribution in [0.5, 0.6) is 5.75 Å². The van der Waals surface area contributed by atoms with Gasteiger partial charge in [0.2, 0.25) is 0 Å². The third-order valence-electron chi connectivity index (χ3n) is 5.22. The molecule has 4 nitrogen and oxygen atoms in total. The Bertz CT molecular complexity index is 1020. The van der Waals surface area contributed by atoms with Gasteiger partial charge in [-0.2, -0.15) is 13.2 Å². The van der Waals surface area contributed by atoms with E-state index in [1.807, 2.05) is 29.2 Å². The molecule has 1 aromatic heterocycles. The molecule has 1 saturated heterocycles. The van der Waals surface area contributed by atoms with Crippen LogP contribution in [-0.2, 0) is 12.7 Å². The second-order valence-electron chi connectivity index (χ2n) is 7.09. The van der Waals surface area contributed by atoms with E-state index in [1.165, 1.54) is 6.07 Å². The van der Waals surface area contributed by atoms with Crippen LogP contribution in [0.1, 0.15) is 11.1 Å². The number of piperazine rings is 1. The summed E-state index contributed by atoms with van der Waals surface area (Å²) in [5, 5.41) is 12.4. The van der Waals surface area contributed by atoms with Crippen molar-refractivity contribution < 1.29 is 18.3 Å². The van der Waals surface area contributed by atoms with Crippen LogP contribution >= 0.6 is 15.9 Å². The first kappa shape index (κ1) is 20.0. The lowest BCUT2D eigenvalue weighted by Gasteiger charge is -2.35. The Hall–Kier alpha value is -2.32. The zero-order valence-corrected chi connectivity index (χ0v) is 17.0. The van der Waals surface area contributed by atoms with Crippen molar-refractivity contribution in [3.8, 4) is 5.75 Å². The number of alkyl halides is 3. The first-order valence-corrected chi connectivity index (χ1v) is 10.0. The van der Waals surface area contributed by atoms with Crippen LogP contribution in [0.25, 0.3) is 10.8 Å². The number of phenolic OH excluding ortho intramolecular Hbond substituents is 1. The largest absolute Gasteiger partial charge is 0.508 e. The third-order valence-corrected chi connectivity index (χ3v) is 5.72. The number of anilines is 1. The normalized spacial score (nSPS) is 15.8. The summed E-state index contributed by atoms with van der Waals surface area (Å²) in [5.74, 6) is 0.821. The van der Waals surface area contributed by atoms with Crippen molar-refractivity contribution in [1.29, 1.82) is 0 Å². The molecule has 29 heavy (non-hydrogen) atoms.